The zero-order chi connectivity index (χ0) is 29.3. The highest BCUT2D eigenvalue weighted by Crippen LogP contribution is 2.46. The van der Waals surface area contributed by atoms with Crippen molar-refractivity contribution in [1.29, 1.82) is 0 Å². The van der Waals surface area contributed by atoms with E-state index in [1.807, 2.05) is 13.0 Å². The molecular weight excluding hydrogens is 500 g/mol. The highest BCUT2D eigenvalue weighted by atomic mass is 32.2. The maximum Gasteiger partial charge on any atom is 0.339 e. The van der Waals surface area contributed by atoms with Crippen molar-refractivity contribution in [3.05, 3.63) is 22.8 Å². The minimum atomic E-state index is -0.289. The largest absolute Gasteiger partial charge is 0.507 e. The molecule has 0 aliphatic rings. The van der Waals surface area contributed by atoms with Crippen molar-refractivity contribution in [3.63, 3.8) is 0 Å². The zero-order valence-corrected chi connectivity index (χ0v) is 27.8. The van der Waals surface area contributed by atoms with Crippen LogP contribution >= 0.6 is 11.8 Å². The molecule has 1 N–H and O–H groups in total. The second-order valence-electron chi connectivity index (χ2n) is 13.4. The minimum absolute atomic E-state index is 0.275. The Morgan fingerprint density at radius 3 is 1.54 bits per heavy atom. The van der Waals surface area contributed by atoms with Crippen LogP contribution in [0.1, 0.15) is 180 Å². The first-order valence-electron chi connectivity index (χ1n) is 16.2. The summed E-state index contributed by atoms with van der Waals surface area (Å²) in [6.07, 6.45) is 21.8. The second kappa shape index (κ2) is 19.1. The molecular formula is C35H62O3S. The van der Waals surface area contributed by atoms with Gasteiger partial charge in [-0.15, -0.1) is 11.8 Å². The second-order valence-corrected chi connectivity index (χ2v) is 14.5. The average Bonchev–Trinajstić information content (AvgIpc) is 2.84. The summed E-state index contributed by atoms with van der Waals surface area (Å²) in [4.78, 5) is 13.9. The van der Waals surface area contributed by atoms with Crippen LogP contribution < -0.4 is 0 Å². The van der Waals surface area contributed by atoms with Crippen LogP contribution in [0.25, 0.3) is 0 Å². The quantitative estimate of drug-likeness (QED) is 0.0975. The van der Waals surface area contributed by atoms with Gasteiger partial charge < -0.3 is 9.84 Å². The molecule has 0 unspecified atom stereocenters. The van der Waals surface area contributed by atoms with Gasteiger partial charge >= 0.3 is 5.97 Å². The number of phenolic OH excluding ortho intramolecular Hbond substituents is 1. The van der Waals surface area contributed by atoms with E-state index in [0.29, 0.717) is 17.9 Å². The average molecular weight is 563 g/mol. The van der Waals surface area contributed by atoms with Gasteiger partial charge in [0.15, 0.2) is 0 Å². The normalized spacial score (nSPS) is 12.2. The SMILES string of the molecule is CCCCCCCCCCCCCCCCCCSc1c(C(=O)OCC)cc(C(C)(C)C)c(O)c1C(C)(C)C. The van der Waals surface area contributed by atoms with Gasteiger partial charge in [0.05, 0.1) is 12.2 Å². The molecule has 0 bridgehead atoms. The lowest BCUT2D eigenvalue weighted by Gasteiger charge is -2.30. The van der Waals surface area contributed by atoms with Crippen LogP contribution in [-0.2, 0) is 15.6 Å². The van der Waals surface area contributed by atoms with Gasteiger partial charge in [0.2, 0.25) is 0 Å². The number of carbonyl (C=O) groups excluding carboxylic acids is 1. The Kier molecular flexibility index (Phi) is 17.5. The maximum absolute atomic E-state index is 13.0. The van der Waals surface area contributed by atoms with E-state index in [-0.39, 0.29) is 16.8 Å². The highest BCUT2D eigenvalue weighted by Gasteiger charge is 2.32. The van der Waals surface area contributed by atoms with Crippen LogP contribution in [0.3, 0.4) is 0 Å². The number of aromatic hydroxyl groups is 1. The molecule has 39 heavy (non-hydrogen) atoms. The van der Waals surface area contributed by atoms with Gasteiger partial charge in [0.1, 0.15) is 5.75 Å². The number of carbonyl (C=O) groups is 1. The van der Waals surface area contributed by atoms with Gasteiger partial charge in [0, 0.05) is 16.0 Å². The Morgan fingerprint density at radius 2 is 1.15 bits per heavy atom. The standard InChI is InChI=1S/C35H62O3S/c1-9-11-12-13-14-15-16-17-18-19-20-21-22-23-24-25-26-39-32-28(33(37)38-10-2)27-29(34(3,4)5)31(36)30(32)35(6,7)8/h27,36H,9-26H2,1-8H3. The van der Waals surface area contributed by atoms with E-state index < -0.39 is 0 Å². The lowest BCUT2D eigenvalue weighted by Crippen LogP contribution is -2.21. The van der Waals surface area contributed by atoms with E-state index in [2.05, 4.69) is 48.5 Å². The Morgan fingerprint density at radius 1 is 0.718 bits per heavy atom. The van der Waals surface area contributed by atoms with Crippen LogP contribution in [0.4, 0.5) is 0 Å². The van der Waals surface area contributed by atoms with Crippen molar-refractivity contribution in [2.45, 2.75) is 174 Å². The van der Waals surface area contributed by atoms with E-state index in [4.69, 9.17) is 4.74 Å². The molecule has 1 aromatic carbocycles. The van der Waals surface area contributed by atoms with Crippen LogP contribution in [0, 0.1) is 0 Å². The van der Waals surface area contributed by atoms with Gasteiger partial charge in [0.25, 0.3) is 0 Å². The molecule has 0 aromatic heterocycles. The van der Waals surface area contributed by atoms with E-state index in [9.17, 15) is 9.90 Å². The summed E-state index contributed by atoms with van der Waals surface area (Å²) in [5.41, 5.74) is 1.72. The molecule has 0 amide bonds. The lowest BCUT2D eigenvalue weighted by molar-refractivity contribution is 0.0521. The lowest BCUT2D eigenvalue weighted by atomic mass is 9.78. The van der Waals surface area contributed by atoms with Crippen molar-refractivity contribution >= 4 is 17.7 Å². The molecule has 1 rings (SSSR count). The topological polar surface area (TPSA) is 46.5 Å². The molecule has 4 heteroatoms. The van der Waals surface area contributed by atoms with E-state index >= 15 is 0 Å². The third-order valence-corrected chi connectivity index (χ3v) is 8.76. The van der Waals surface area contributed by atoms with E-state index in [1.54, 1.807) is 11.8 Å². The number of thioether (sulfide) groups is 1. The molecule has 226 valence electrons. The van der Waals surface area contributed by atoms with E-state index in [0.717, 1.165) is 28.2 Å². The summed E-state index contributed by atoms with van der Waals surface area (Å²) in [6.45, 7) is 17.0. The summed E-state index contributed by atoms with van der Waals surface area (Å²) in [5.74, 6) is 0.989. The molecule has 0 atom stereocenters. The molecule has 0 aliphatic heterocycles. The molecule has 0 radical (unpaired) electrons. The van der Waals surface area contributed by atoms with Crippen molar-refractivity contribution < 1.29 is 14.6 Å². The highest BCUT2D eigenvalue weighted by molar-refractivity contribution is 7.99. The molecule has 0 spiro atoms. The summed E-state index contributed by atoms with van der Waals surface area (Å²) in [5, 5.41) is 11.4. The van der Waals surface area contributed by atoms with Crippen LogP contribution in [0.2, 0.25) is 0 Å². The summed E-state index contributed by atoms with van der Waals surface area (Å²) in [6, 6.07) is 1.87. The van der Waals surface area contributed by atoms with Crippen LogP contribution in [0.5, 0.6) is 5.75 Å². The number of hydrogen-bond acceptors (Lipinski definition) is 4. The molecule has 3 nitrogen and oxygen atoms in total. The Bertz CT molecular complexity index is 817. The summed E-state index contributed by atoms with van der Waals surface area (Å²) >= 11 is 1.71. The predicted molar refractivity (Wildman–Crippen MR) is 172 cm³/mol. The van der Waals surface area contributed by atoms with Gasteiger partial charge in [-0.1, -0.05) is 145 Å². The number of benzene rings is 1. The minimum Gasteiger partial charge on any atom is -0.507 e. The van der Waals surface area contributed by atoms with Crippen LogP contribution in [0.15, 0.2) is 11.0 Å². The maximum atomic E-state index is 13.0. The number of esters is 1. The molecule has 0 saturated heterocycles. The predicted octanol–water partition coefficient (Wildman–Crippen LogP) is 11.5. The zero-order valence-electron chi connectivity index (χ0n) is 27.0. The van der Waals surface area contributed by atoms with Crippen molar-refractivity contribution in [2.24, 2.45) is 0 Å². The Balaban J connectivity index is 2.49. The Labute approximate surface area is 246 Å². The van der Waals surface area contributed by atoms with Crippen molar-refractivity contribution in [2.75, 3.05) is 12.4 Å². The summed E-state index contributed by atoms with van der Waals surface area (Å²) < 4.78 is 5.45. The number of unbranched alkanes of at least 4 members (excludes halogenated alkanes) is 15. The molecule has 0 saturated carbocycles. The first-order valence-corrected chi connectivity index (χ1v) is 17.1. The van der Waals surface area contributed by atoms with Gasteiger partial charge in [-0.05, 0) is 36.0 Å². The summed E-state index contributed by atoms with van der Waals surface area (Å²) in [7, 11) is 0. The number of ether oxygens (including phenoxy) is 1. The van der Waals surface area contributed by atoms with Crippen molar-refractivity contribution in [1.82, 2.24) is 0 Å². The van der Waals surface area contributed by atoms with Crippen molar-refractivity contribution in [3.8, 4) is 5.75 Å². The third kappa shape index (κ3) is 13.8. The number of phenols is 1. The van der Waals surface area contributed by atoms with Crippen LogP contribution in [-0.4, -0.2) is 23.4 Å². The molecule has 0 fully saturated rings. The van der Waals surface area contributed by atoms with Gasteiger partial charge in [-0.2, -0.15) is 0 Å². The van der Waals surface area contributed by atoms with Gasteiger partial charge in [-0.25, -0.2) is 4.79 Å². The first kappa shape index (κ1) is 35.9. The fourth-order valence-corrected chi connectivity index (χ4v) is 6.65. The third-order valence-electron chi connectivity index (χ3n) is 7.55. The number of rotatable bonds is 20. The first-order chi connectivity index (χ1) is 18.4. The van der Waals surface area contributed by atoms with Gasteiger partial charge in [-0.3, -0.25) is 0 Å². The molecule has 0 heterocycles. The fourth-order valence-electron chi connectivity index (χ4n) is 5.26. The molecule has 1 aromatic rings. The Hall–Kier alpha value is -1.16. The van der Waals surface area contributed by atoms with E-state index in [1.165, 1.54) is 96.3 Å². The smallest absolute Gasteiger partial charge is 0.339 e. The monoisotopic (exact) mass is 562 g/mol. The number of hydrogen-bond donors (Lipinski definition) is 1. The molecule has 0 aliphatic carbocycles. The fraction of sp³-hybridized carbons (Fsp3) is 0.800.